The summed E-state index contributed by atoms with van der Waals surface area (Å²) in [6.45, 7) is 2.20. The number of rotatable bonds is 8. The van der Waals surface area contributed by atoms with Crippen LogP contribution in [0.2, 0.25) is 0 Å². The number of hydrogen-bond acceptors (Lipinski definition) is 5. The summed E-state index contributed by atoms with van der Waals surface area (Å²) in [4.78, 5) is 2.75. The first-order chi connectivity index (χ1) is 11.3. The van der Waals surface area contributed by atoms with Crippen LogP contribution < -0.4 is 10.1 Å². The van der Waals surface area contributed by atoms with E-state index >= 15 is 0 Å². The lowest BCUT2D eigenvalue weighted by Gasteiger charge is -2.09. The van der Waals surface area contributed by atoms with Gasteiger partial charge in [-0.1, -0.05) is 11.3 Å². The zero-order chi connectivity index (χ0) is 17.7. The molecule has 2 aromatic rings. The van der Waals surface area contributed by atoms with Crippen LogP contribution in [0.1, 0.15) is 12.1 Å². The van der Waals surface area contributed by atoms with Gasteiger partial charge in [-0.05, 0) is 51.8 Å². The number of hydrogen-bond donors (Lipinski definition) is 1. The molecule has 9 heteroatoms. The Labute approximate surface area is 143 Å². The van der Waals surface area contributed by atoms with Crippen molar-refractivity contribution >= 4 is 11.3 Å². The van der Waals surface area contributed by atoms with Gasteiger partial charge in [-0.25, -0.2) is 0 Å². The number of thiophene rings is 1. The normalized spacial score (nSPS) is 12.1. The minimum absolute atomic E-state index is 0.295. The van der Waals surface area contributed by atoms with E-state index < -0.39 is 11.9 Å². The Morgan fingerprint density at radius 3 is 2.71 bits per heavy atom. The van der Waals surface area contributed by atoms with Gasteiger partial charge in [-0.15, -0.1) is 0 Å². The van der Waals surface area contributed by atoms with Crippen molar-refractivity contribution in [1.29, 1.82) is 0 Å². The molecule has 0 atom stereocenters. The standard InChI is InChI=1S/C15H21F3N4OS/c1-21(2)8-4-7-19-10-23-14-6-5-12(24-14)11-9-13(15(16,17)18)22(3)20-11/h5-6,9,19H,4,7-8,10H2,1-3H3. The first-order valence-corrected chi connectivity index (χ1v) is 8.28. The molecule has 2 rings (SSSR count). The Bertz CT molecular complexity index is 651. The molecule has 1 N–H and O–H groups in total. The molecule has 24 heavy (non-hydrogen) atoms. The zero-order valence-electron chi connectivity index (χ0n) is 13.9. The molecule has 134 valence electrons. The van der Waals surface area contributed by atoms with Crippen LogP contribution in [0, 0.1) is 0 Å². The third-order valence-corrected chi connectivity index (χ3v) is 4.30. The maximum atomic E-state index is 12.8. The summed E-state index contributed by atoms with van der Waals surface area (Å²) >= 11 is 1.27. The molecule has 0 radical (unpaired) electrons. The molecule has 0 unspecified atom stereocenters. The monoisotopic (exact) mass is 362 g/mol. The summed E-state index contributed by atoms with van der Waals surface area (Å²) in [5.74, 6) is 0. The van der Waals surface area contributed by atoms with Gasteiger partial charge >= 0.3 is 6.18 Å². The maximum absolute atomic E-state index is 12.8. The average molecular weight is 362 g/mol. The van der Waals surface area contributed by atoms with Crippen LogP contribution in [-0.4, -0.2) is 48.6 Å². The van der Waals surface area contributed by atoms with Crippen LogP contribution >= 0.6 is 11.3 Å². The van der Waals surface area contributed by atoms with E-state index in [2.05, 4.69) is 15.3 Å². The van der Waals surface area contributed by atoms with Gasteiger partial charge in [0.2, 0.25) is 0 Å². The first kappa shape index (κ1) is 18.8. The molecule has 0 bridgehead atoms. The fourth-order valence-electron chi connectivity index (χ4n) is 2.10. The fraction of sp³-hybridized carbons (Fsp3) is 0.533. The second-order valence-corrected chi connectivity index (χ2v) is 6.65. The molecule has 0 aliphatic carbocycles. The van der Waals surface area contributed by atoms with E-state index in [4.69, 9.17) is 4.74 Å². The van der Waals surface area contributed by atoms with Crippen molar-refractivity contribution < 1.29 is 17.9 Å². The summed E-state index contributed by atoms with van der Waals surface area (Å²) in [6, 6.07) is 4.51. The third kappa shape index (κ3) is 5.22. The molecular formula is C15H21F3N4OS. The van der Waals surface area contributed by atoms with Gasteiger partial charge in [0.1, 0.15) is 18.1 Å². The van der Waals surface area contributed by atoms with Crippen LogP contribution in [0.15, 0.2) is 18.2 Å². The van der Waals surface area contributed by atoms with Crippen molar-refractivity contribution in [3.8, 4) is 15.6 Å². The predicted octanol–water partition coefficient (Wildman–Crippen LogP) is 3.05. The number of nitrogens with zero attached hydrogens (tertiary/aromatic N) is 3. The van der Waals surface area contributed by atoms with Crippen LogP contribution in [0.3, 0.4) is 0 Å². The summed E-state index contributed by atoms with van der Waals surface area (Å²) in [6.07, 6.45) is -3.40. The molecule has 0 aliphatic rings. The highest BCUT2D eigenvalue weighted by atomic mass is 32.1. The quantitative estimate of drug-likeness (QED) is 0.579. The minimum Gasteiger partial charge on any atom is -0.469 e. The molecule has 0 spiro atoms. The molecule has 0 saturated heterocycles. The van der Waals surface area contributed by atoms with Crippen molar-refractivity contribution in [3.05, 3.63) is 23.9 Å². The van der Waals surface area contributed by atoms with Crippen molar-refractivity contribution in [2.24, 2.45) is 7.05 Å². The van der Waals surface area contributed by atoms with Crippen LogP contribution in [0.4, 0.5) is 13.2 Å². The highest BCUT2D eigenvalue weighted by Crippen LogP contribution is 2.36. The second-order valence-electron chi connectivity index (χ2n) is 5.60. The molecule has 2 heterocycles. The highest BCUT2D eigenvalue weighted by molar-refractivity contribution is 7.17. The Hall–Kier alpha value is -1.58. The Morgan fingerprint density at radius 1 is 1.33 bits per heavy atom. The summed E-state index contributed by atoms with van der Waals surface area (Å²) in [5.41, 5.74) is -0.473. The lowest BCUT2D eigenvalue weighted by molar-refractivity contribution is -0.143. The minimum atomic E-state index is -4.41. The summed E-state index contributed by atoms with van der Waals surface area (Å²) in [5, 5.41) is 7.73. The van der Waals surface area contributed by atoms with Gasteiger partial charge in [0.05, 0.1) is 4.88 Å². The maximum Gasteiger partial charge on any atom is 0.433 e. The molecule has 0 aromatic carbocycles. The summed E-state index contributed by atoms with van der Waals surface area (Å²) < 4.78 is 44.8. The molecule has 0 amide bonds. The van der Waals surface area contributed by atoms with Gasteiger partial charge in [-0.2, -0.15) is 18.3 Å². The first-order valence-electron chi connectivity index (χ1n) is 7.47. The predicted molar refractivity (Wildman–Crippen MR) is 88.2 cm³/mol. The Morgan fingerprint density at radius 2 is 2.08 bits per heavy atom. The molecular weight excluding hydrogens is 341 g/mol. The number of nitrogens with one attached hydrogen (secondary N) is 1. The molecule has 2 aromatic heterocycles. The van der Waals surface area contributed by atoms with Gasteiger partial charge < -0.3 is 9.64 Å². The van der Waals surface area contributed by atoms with E-state index in [1.165, 1.54) is 18.4 Å². The largest absolute Gasteiger partial charge is 0.469 e. The fourth-order valence-corrected chi connectivity index (χ4v) is 2.91. The van der Waals surface area contributed by atoms with Crippen LogP contribution in [0.25, 0.3) is 10.6 Å². The van der Waals surface area contributed by atoms with Crippen LogP contribution in [-0.2, 0) is 13.2 Å². The van der Waals surface area contributed by atoms with Crippen molar-refractivity contribution in [2.75, 3.05) is 33.9 Å². The third-order valence-electron chi connectivity index (χ3n) is 3.28. The van der Waals surface area contributed by atoms with Crippen LogP contribution in [0.5, 0.6) is 5.06 Å². The summed E-state index contributed by atoms with van der Waals surface area (Å²) in [7, 11) is 5.33. The van der Waals surface area contributed by atoms with E-state index in [1.54, 1.807) is 12.1 Å². The average Bonchev–Trinajstić information content (AvgIpc) is 3.08. The molecule has 0 aliphatic heterocycles. The van der Waals surface area contributed by atoms with E-state index in [0.29, 0.717) is 22.4 Å². The highest BCUT2D eigenvalue weighted by Gasteiger charge is 2.35. The Balaban J connectivity index is 1.87. The smallest absolute Gasteiger partial charge is 0.433 e. The number of alkyl halides is 3. The van der Waals surface area contributed by atoms with Gasteiger partial charge in [0.15, 0.2) is 5.06 Å². The zero-order valence-corrected chi connectivity index (χ0v) is 14.7. The topological polar surface area (TPSA) is 42.3 Å². The number of halogens is 3. The van der Waals surface area contributed by atoms with Gasteiger partial charge in [0, 0.05) is 7.05 Å². The van der Waals surface area contributed by atoms with E-state index in [0.717, 1.165) is 30.3 Å². The van der Waals surface area contributed by atoms with Gasteiger partial charge in [-0.3, -0.25) is 10.00 Å². The number of aryl methyl sites for hydroxylation is 1. The number of aromatic nitrogens is 2. The Kier molecular flexibility index (Phi) is 6.25. The van der Waals surface area contributed by atoms with Gasteiger partial charge in [0.25, 0.3) is 0 Å². The molecule has 0 fully saturated rings. The van der Waals surface area contributed by atoms with Crippen molar-refractivity contribution in [1.82, 2.24) is 20.0 Å². The molecule has 5 nitrogen and oxygen atoms in total. The van der Waals surface area contributed by atoms with Crippen molar-refractivity contribution in [2.45, 2.75) is 12.6 Å². The SMILES string of the molecule is CN(C)CCCNCOc1ccc(-c2cc(C(F)(F)F)n(C)n2)s1. The lowest BCUT2D eigenvalue weighted by atomic mass is 10.3. The molecule has 0 saturated carbocycles. The number of ether oxygens (including phenoxy) is 1. The lowest BCUT2D eigenvalue weighted by Crippen LogP contribution is -2.24. The second kappa shape index (κ2) is 8.00. The van der Waals surface area contributed by atoms with E-state index in [1.807, 2.05) is 14.1 Å². The van der Waals surface area contributed by atoms with E-state index in [-0.39, 0.29) is 0 Å². The van der Waals surface area contributed by atoms with E-state index in [9.17, 15) is 13.2 Å². The van der Waals surface area contributed by atoms with Crippen molar-refractivity contribution in [3.63, 3.8) is 0 Å².